The van der Waals surface area contributed by atoms with Gasteiger partial charge in [0.15, 0.2) is 0 Å². The van der Waals surface area contributed by atoms with Crippen LogP contribution < -0.4 is 5.32 Å². The van der Waals surface area contributed by atoms with E-state index in [1.807, 2.05) is 6.92 Å². The van der Waals surface area contributed by atoms with Crippen LogP contribution in [0.1, 0.15) is 33.6 Å². The zero-order chi connectivity index (χ0) is 16.0. The molecule has 1 saturated heterocycles. The maximum atomic E-state index is 12.0. The van der Waals surface area contributed by atoms with Gasteiger partial charge in [-0.05, 0) is 33.6 Å². The van der Waals surface area contributed by atoms with Crippen LogP contribution in [0.5, 0.6) is 0 Å². The molecule has 0 spiro atoms. The number of ether oxygens (including phenoxy) is 1. The number of hydrogen-bond acceptors (Lipinski definition) is 4. The molecule has 0 aliphatic carbocycles. The van der Waals surface area contributed by atoms with Crippen LogP contribution in [0, 0.1) is 0 Å². The first-order valence-electron chi connectivity index (χ1n) is 6.99. The van der Waals surface area contributed by atoms with E-state index < -0.39 is 17.9 Å². The van der Waals surface area contributed by atoms with E-state index >= 15 is 0 Å². The minimum absolute atomic E-state index is 0.0120. The van der Waals surface area contributed by atoms with E-state index in [4.69, 9.17) is 9.84 Å². The van der Waals surface area contributed by atoms with Crippen LogP contribution in [0.25, 0.3) is 0 Å². The summed E-state index contributed by atoms with van der Waals surface area (Å²) in [6, 6.07) is -0.512. The Balaban J connectivity index is 2.62. The van der Waals surface area contributed by atoms with Crippen molar-refractivity contribution in [2.24, 2.45) is 0 Å². The highest BCUT2D eigenvalue weighted by Gasteiger charge is 2.25. The molecule has 1 heterocycles. The fourth-order valence-corrected chi connectivity index (χ4v) is 2.10. The fourth-order valence-electron chi connectivity index (χ4n) is 2.10. The highest BCUT2D eigenvalue weighted by atomic mass is 16.5. The zero-order valence-corrected chi connectivity index (χ0v) is 12.6. The van der Waals surface area contributed by atoms with E-state index in [0.29, 0.717) is 19.7 Å². The Morgan fingerprint density at radius 1 is 1.29 bits per heavy atom. The summed E-state index contributed by atoms with van der Waals surface area (Å²) in [7, 11) is 0. The zero-order valence-electron chi connectivity index (χ0n) is 12.6. The molecule has 3 amide bonds. The van der Waals surface area contributed by atoms with E-state index in [1.165, 1.54) is 18.7 Å². The molecule has 0 saturated carbocycles. The van der Waals surface area contributed by atoms with Crippen LogP contribution >= 0.6 is 0 Å². The van der Waals surface area contributed by atoms with E-state index in [-0.39, 0.29) is 17.3 Å². The van der Waals surface area contributed by atoms with Gasteiger partial charge in [0.1, 0.15) is 0 Å². The van der Waals surface area contributed by atoms with Crippen LogP contribution in [-0.4, -0.2) is 53.7 Å². The minimum atomic E-state index is -1.18. The van der Waals surface area contributed by atoms with Crippen molar-refractivity contribution in [3.63, 3.8) is 0 Å². The molecule has 118 valence electrons. The molecule has 1 unspecified atom stereocenters. The number of carboxylic acid groups (broad SMARTS) is 1. The summed E-state index contributed by atoms with van der Waals surface area (Å²) in [6.07, 6.45) is 1.69. The molecule has 21 heavy (non-hydrogen) atoms. The highest BCUT2D eigenvalue weighted by molar-refractivity contribution is 6.07. The van der Waals surface area contributed by atoms with Gasteiger partial charge in [0.05, 0.1) is 6.10 Å². The van der Waals surface area contributed by atoms with Crippen molar-refractivity contribution in [1.29, 1.82) is 0 Å². The minimum Gasteiger partial charge on any atom is -0.478 e. The third-order valence-electron chi connectivity index (χ3n) is 3.51. The van der Waals surface area contributed by atoms with Crippen LogP contribution in [0.3, 0.4) is 0 Å². The number of urea groups is 1. The second kappa shape index (κ2) is 7.78. The summed E-state index contributed by atoms with van der Waals surface area (Å²) in [4.78, 5) is 36.2. The summed E-state index contributed by atoms with van der Waals surface area (Å²) in [5, 5.41) is 11.0. The van der Waals surface area contributed by atoms with Gasteiger partial charge in [-0.2, -0.15) is 0 Å². The molecule has 7 heteroatoms. The van der Waals surface area contributed by atoms with Gasteiger partial charge in [0.25, 0.3) is 5.91 Å². The average molecular weight is 298 g/mol. The van der Waals surface area contributed by atoms with Gasteiger partial charge >= 0.3 is 12.0 Å². The second-order valence-corrected chi connectivity index (χ2v) is 4.98. The van der Waals surface area contributed by atoms with Gasteiger partial charge in [-0.15, -0.1) is 0 Å². The number of likely N-dealkylation sites (tertiary alicyclic amines) is 1. The van der Waals surface area contributed by atoms with Gasteiger partial charge in [0.2, 0.25) is 0 Å². The number of carbonyl (C=O) groups excluding carboxylic acids is 2. The first kappa shape index (κ1) is 17.2. The maximum Gasteiger partial charge on any atom is 0.331 e. The third-order valence-corrected chi connectivity index (χ3v) is 3.51. The Hall–Kier alpha value is -1.89. The first-order valence-corrected chi connectivity index (χ1v) is 6.99. The predicted octanol–water partition coefficient (Wildman–Crippen LogP) is 1.14. The first-order chi connectivity index (χ1) is 9.86. The largest absolute Gasteiger partial charge is 0.478 e. The van der Waals surface area contributed by atoms with Crippen LogP contribution in [0.4, 0.5) is 4.79 Å². The SMILES string of the molecule is CCOC1CCCN(C(=O)NC(=O)C(C)=C(C)C(=O)O)C1. The molecule has 1 fully saturated rings. The van der Waals surface area contributed by atoms with Gasteiger partial charge in [0, 0.05) is 30.8 Å². The molecule has 1 aliphatic rings. The lowest BCUT2D eigenvalue weighted by molar-refractivity contribution is -0.133. The van der Waals surface area contributed by atoms with Crippen molar-refractivity contribution < 1.29 is 24.2 Å². The number of hydrogen-bond donors (Lipinski definition) is 2. The average Bonchev–Trinajstić information content (AvgIpc) is 2.46. The van der Waals surface area contributed by atoms with E-state index in [1.54, 1.807) is 0 Å². The molecule has 7 nitrogen and oxygen atoms in total. The molecule has 1 aliphatic heterocycles. The third kappa shape index (κ3) is 4.86. The molecular formula is C14H22N2O5. The van der Waals surface area contributed by atoms with Gasteiger partial charge < -0.3 is 14.7 Å². The molecule has 0 aromatic carbocycles. The number of amides is 3. The number of piperidine rings is 1. The van der Waals surface area contributed by atoms with Crippen molar-refractivity contribution in [3.05, 3.63) is 11.1 Å². The molecule has 0 bridgehead atoms. The summed E-state index contributed by atoms with van der Waals surface area (Å²) in [5.41, 5.74) is -0.0552. The van der Waals surface area contributed by atoms with Gasteiger partial charge in [-0.1, -0.05) is 0 Å². The van der Waals surface area contributed by atoms with Crippen LogP contribution in [0.15, 0.2) is 11.1 Å². The lowest BCUT2D eigenvalue weighted by Gasteiger charge is -2.32. The van der Waals surface area contributed by atoms with Crippen molar-refractivity contribution in [2.75, 3.05) is 19.7 Å². The summed E-state index contributed by atoms with van der Waals surface area (Å²) >= 11 is 0. The van der Waals surface area contributed by atoms with Crippen LogP contribution in [0.2, 0.25) is 0 Å². The van der Waals surface area contributed by atoms with Crippen molar-refractivity contribution in [1.82, 2.24) is 10.2 Å². The lowest BCUT2D eigenvalue weighted by atomic mass is 10.1. The Labute approximate surface area is 123 Å². The number of carboxylic acids is 1. The highest BCUT2D eigenvalue weighted by Crippen LogP contribution is 2.13. The number of nitrogens with zero attached hydrogens (tertiary/aromatic N) is 1. The molecule has 0 radical (unpaired) electrons. The van der Waals surface area contributed by atoms with Crippen LogP contribution in [-0.2, 0) is 14.3 Å². The number of aliphatic carboxylic acids is 1. The number of carbonyl (C=O) groups is 3. The maximum absolute atomic E-state index is 12.0. The molecule has 1 atom stereocenters. The lowest BCUT2D eigenvalue weighted by Crippen LogP contribution is -2.49. The Morgan fingerprint density at radius 3 is 2.52 bits per heavy atom. The Bertz CT molecular complexity index is 456. The number of rotatable bonds is 4. The standard InChI is InChI=1S/C14H22N2O5/c1-4-21-11-6-5-7-16(8-11)14(20)15-12(17)9(2)10(3)13(18)19/h11H,4-8H2,1-3H3,(H,18,19)(H,15,17,20). The molecule has 0 aromatic rings. The number of nitrogens with one attached hydrogen (secondary N) is 1. The smallest absolute Gasteiger partial charge is 0.331 e. The second-order valence-electron chi connectivity index (χ2n) is 4.98. The Morgan fingerprint density at radius 2 is 1.95 bits per heavy atom. The van der Waals surface area contributed by atoms with Gasteiger partial charge in [-0.25, -0.2) is 9.59 Å². The monoisotopic (exact) mass is 298 g/mol. The van der Waals surface area contributed by atoms with E-state index in [2.05, 4.69) is 5.32 Å². The normalized spacial score (nSPS) is 19.8. The van der Waals surface area contributed by atoms with E-state index in [0.717, 1.165) is 12.8 Å². The molecular weight excluding hydrogens is 276 g/mol. The van der Waals surface area contributed by atoms with Crippen molar-refractivity contribution >= 4 is 17.9 Å². The van der Waals surface area contributed by atoms with E-state index in [9.17, 15) is 14.4 Å². The molecule has 1 rings (SSSR count). The Kier molecular flexibility index (Phi) is 6.36. The molecule has 2 N–H and O–H groups in total. The van der Waals surface area contributed by atoms with Crippen molar-refractivity contribution in [3.8, 4) is 0 Å². The predicted molar refractivity (Wildman–Crippen MR) is 75.8 cm³/mol. The summed E-state index contributed by atoms with van der Waals surface area (Å²) in [5.74, 6) is -1.86. The fraction of sp³-hybridized carbons (Fsp3) is 0.643. The summed E-state index contributed by atoms with van der Waals surface area (Å²) < 4.78 is 5.49. The van der Waals surface area contributed by atoms with Gasteiger partial charge in [-0.3, -0.25) is 10.1 Å². The quantitative estimate of drug-likeness (QED) is 0.759. The molecule has 0 aromatic heterocycles. The van der Waals surface area contributed by atoms with Crippen molar-refractivity contribution in [2.45, 2.75) is 39.7 Å². The topological polar surface area (TPSA) is 95.9 Å². The number of imide groups is 1. The summed E-state index contributed by atoms with van der Waals surface area (Å²) in [6.45, 7) is 6.18.